The fourth-order valence-corrected chi connectivity index (χ4v) is 5.03. The first kappa shape index (κ1) is 26.1. The van der Waals surface area contributed by atoms with Gasteiger partial charge < -0.3 is 19.0 Å². The Morgan fingerprint density at radius 2 is 1.77 bits per heavy atom. The van der Waals surface area contributed by atoms with Crippen molar-refractivity contribution in [1.29, 1.82) is 0 Å². The van der Waals surface area contributed by atoms with Gasteiger partial charge in [0.05, 0.1) is 28.0 Å². The maximum atomic E-state index is 12.9. The fourth-order valence-electron chi connectivity index (χ4n) is 4.56. The molecule has 9 heteroatoms. The molecule has 2 saturated heterocycles. The van der Waals surface area contributed by atoms with Gasteiger partial charge in [0.25, 0.3) is 0 Å². The predicted molar refractivity (Wildman–Crippen MR) is 142 cm³/mol. The summed E-state index contributed by atoms with van der Waals surface area (Å²) >= 11 is 5.00. The highest BCUT2D eigenvalue weighted by Gasteiger charge is 2.52. The number of nitrogens with one attached hydrogen (secondary N) is 1. The summed E-state index contributed by atoms with van der Waals surface area (Å²) in [5.74, 6) is 0.680. The van der Waals surface area contributed by atoms with Gasteiger partial charge in [0.1, 0.15) is 11.4 Å². The molecule has 3 heterocycles. The van der Waals surface area contributed by atoms with E-state index in [-0.39, 0.29) is 23.2 Å². The number of ether oxygens (including phenoxy) is 1. The van der Waals surface area contributed by atoms with Crippen LogP contribution in [-0.2, 0) is 14.0 Å². The lowest BCUT2D eigenvalue weighted by molar-refractivity contribution is 0.00578. The Hall–Kier alpha value is -1.97. The first-order chi connectivity index (χ1) is 16.1. The van der Waals surface area contributed by atoms with Gasteiger partial charge in [-0.2, -0.15) is 12.6 Å². The van der Waals surface area contributed by atoms with Crippen molar-refractivity contribution in [2.45, 2.75) is 95.8 Å². The maximum Gasteiger partial charge on any atom is 0.494 e. The number of benzene rings is 1. The van der Waals surface area contributed by atoms with Crippen molar-refractivity contribution in [3.63, 3.8) is 0 Å². The van der Waals surface area contributed by atoms with Crippen molar-refractivity contribution in [2.75, 3.05) is 6.54 Å². The number of thiol groups is 1. The van der Waals surface area contributed by atoms with Crippen LogP contribution in [0.5, 0.6) is 0 Å². The topological polar surface area (TPSA) is 76.7 Å². The summed E-state index contributed by atoms with van der Waals surface area (Å²) in [6.07, 6.45) is 3.15. The summed E-state index contributed by atoms with van der Waals surface area (Å²) in [5.41, 5.74) is 1.60. The number of hydrogen-bond acceptors (Lipinski definition) is 6. The van der Waals surface area contributed by atoms with Gasteiger partial charge in [-0.05, 0) is 72.3 Å². The Balaban J connectivity index is 1.49. The molecule has 0 aliphatic carbocycles. The van der Waals surface area contributed by atoms with E-state index in [1.165, 1.54) is 0 Å². The molecule has 0 saturated carbocycles. The number of imidazole rings is 1. The normalized spacial score (nSPS) is 24.6. The molecule has 4 rings (SSSR count). The molecular weight excluding hydrogens is 461 g/mol. The summed E-state index contributed by atoms with van der Waals surface area (Å²) in [6.45, 7) is 16.5. The highest BCUT2D eigenvalue weighted by molar-refractivity contribution is 7.81. The number of carbonyl (C=O) groups excluding carboxylic acids is 1. The van der Waals surface area contributed by atoms with Gasteiger partial charge in [0, 0.05) is 12.5 Å². The minimum Gasteiger partial charge on any atom is -0.444 e. The second-order valence-corrected chi connectivity index (χ2v) is 12.5. The summed E-state index contributed by atoms with van der Waals surface area (Å²) in [5, 5.41) is 0. The minimum atomic E-state index is -0.669. The zero-order valence-electron chi connectivity index (χ0n) is 22.1. The van der Waals surface area contributed by atoms with Gasteiger partial charge in [0.2, 0.25) is 0 Å². The predicted octanol–water partition coefficient (Wildman–Crippen LogP) is 5.14. The summed E-state index contributed by atoms with van der Waals surface area (Å²) in [4.78, 5) is 22.0. The second kappa shape index (κ2) is 8.85. The fraction of sp³-hybridized carbons (Fsp3) is 0.615. The van der Waals surface area contributed by atoms with Gasteiger partial charge in [-0.15, -0.1) is 0 Å². The smallest absolute Gasteiger partial charge is 0.444 e. The molecule has 1 amide bonds. The Kier molecular flexibility index (Phi) is 6.60. The molecule has 2 aromatic rings. The first-order valence-corrected chi connectivity index (χ1v) is 12.8. The van der Waals surface area contributed by atoms with Crippen molar-refractivity contribution in [3.05, 3.63) is 36.3 Å². The van der Waals surface area contributed by atoms with Crippen LogP contribution in [0.4, 0.5) is 4.79 Å². The SMILES string of the molecule is CC(c1ncc(-c2ccc(B3OC(C)(C)C(C)(C)O3)cc2)[nH]1)C1(S)CCCN1C(=O)OC(C)(C)C. The van der Waals surface area contributed by atoms with Crippen LogP contribution in [0.1, 0.15) is 80.0 Å². The molecule has 0 radical (unpaired) electrons. The number of H-pyrrole nitrogens is 1. The number of carbonyl (C=O) groups is 1. The Morgan fingerprint density at radius 1 is 1.17 bits per heavy atom. The molecule has 7 nitrogen and oxygen atoms in total. The van der Waals surface area contributed by atoms with E-state index < -0.39 is 17.6 Å². The van der Waals surface area contributed by atoms with E-state index >= 15 is 0 Å². The van der Waals surface area contributed by atoms with Crippen molar-refractivity contribution in [1.82, 2.24) is 14.9 Å². The number of rotatable bonds is 4. The van der Waals surface area contributed by atoms with Crippen LogP contribution in [0, 0.1) is 0 Å². The van der Waals surface area contributed by atoms with E-state index in [0.29, 0.717) is 6.54 Å². The van der Waals surface area contributed by atoms with Crippen LogP contribution in [-0.4, -0.2) is 56.3 Å². The van der Waals surface area contributed by atoms with Crippen molar-refractivity contribution in [3.8, 4) is 11.3 Å². The molecular formula is C26H38BN3O4S. The van der Waals surface area contributed by atoms with E-state index in [1.54, 1.807) is 4.90 Å². The molecule has 1 aromatic carbocycles. The number of nitrogens with zero attached hydrogens (tertiary/aromatic N) is 2. The number of likely N-dealkylation sites (tertiary alicyclic amines) is 1. The molecule has 35 heavy (non-hydrogen) atoms. The molecule has 1 aromatic heterocycles. The average molecular weight is 499 g/mol. The molecule has 2 aliphatic heterocycles. The summed E-state index contributed by atoms with van der Waals surface area (Å²) in [6, 6.07) is 8.15. The molecule has 0 bridgehead atoms. The van der Waals surface area contributed by atoms with Gasteiger partial charge in [-0.3, -0.25) is 4.90 Å². The van der Waals surface area contributed by atoms with Gasteiger partial charge in [-0.1, -0.05) is 31.2 Å². The number of aromatic amines is 1. The number of hydrogen-bond donors (Lipinski definition) is 2. The molecule has 2 unspecified atom stereocenters. The Labute approximate surface area is 214 Å². The van der Waals surface area contributed by atoms with E-state index in [1.807, 2.05) is 51.2 Å². The summed E-state index contributed by atoms with van der Waals surface area (Å²) < 4.78 is 18.0. The molecule has 1 N–H and O–H groups in total. The second-order valence-electron chi connectivity index (χ2n) is 11.7. The van der Waals surface area contributed by atoms with Crippen LogP contribution < -0.4 is 5.46 Å². The van der Waals surface area contributed by atoms with Crippen LogP contribution in [0.2, 0.25) is 0 Å². The van der Waals surface area contributed by atoms with Crippen LogP contribution in [0.3, 0.4) is 0 Å². The number of amides is 1. The van der Waals surface area contributed by atoms with Gasteiger partial charge in [-0.25, -0.2) is 9.78 Å². The number of aromatic nitrogens is 2. The molecule has 2 aliphatic rings. The monoisotopic (exact) mass is 499 g/mol. The quantitative estimate of drug-likeness (QED) is 0.450. The van der Waals surface area contributed by atoms with Gasteiger partial charge in [0.15, 0.2) is 0 Å². The lowest BCUT2D eigenvalue weighted by Crippen LogP contribution is -2.48. The third kappa shape index (κ3) is 5.00. The Bertz CT molecular complexity index is 1060. The lowest BCUT2D eigenvalue weighted by atomic mass is 9.79. The average Bonchev–Trinajstić information content (AvgIpc) is 3.43. The lowest BCUT2D eigenvalue weighted by Gasteiger charge is -2.39. The van der Waals surface area contributed by atoms with Crippen molar-refractivity contribution >= 4 is 31.3 Å². The van der Waals surface area contributed by atoms with E-state index in [0.717, 1.165) is 35.4 Å². The third-order valence-electron chi connectivity index (χ3n) is 7.45. The Morgan fingerprint density at radius 3 is 2.34 bits per heavy atom. The van der Waals surface area contributed by atoms with Gasteiger partial charge >= 0.3 is 13.2 Å². The van der Waals surface area contributed by atoms with Crippen molar-refractivity contribution < 1.29 is 18.8 Å². The largest absolute Gasteiger partial charge is 0.494 e. The molecule has 2 atom stereocenters. The standard InChI is InChI=1S/C26H38BN3O4S/c1-17(26(35)14-9-15-30(26)22(31)32-23(2,3)4)21-28-16-20(29-21)18-10-12-19(13-11-18)27-33-24(5,6)25(7,8)34-27/h10-13,16-17,35H,9,14-15H2,1-8H3,(H,28,29). The highest BCUT2D eigenvalue weighted by atomic mass is 32.1. The zero-order chi connectivity index (χ0) is 25.8. The summed E-state index contributed by atoms with van der Waals surface area (Å²) in [7, 11) is -0.392. The van der Waals surface area contributed by atoms with Crippen LogP contribution in [0.25, 0.3) is 11.3 Å². The maximum absolute atomic E-state index is 12.9. The molecule has 2 fully saturated rings. The van der Waals surface area contributed by atoms with Crippen LogP contribution in [0.15, 0.2) is 30.5 Å². The van der Waals surface area contributed by atoms with Crippen LogP contribution >= 0.6 is 12.6 Å². The zero-order valence-corrected chi connectivity index (χ0v) is 23.0. The first-order valence-electron chi connectivity index (χ1n) is 12.4. The third-order valence-corrected chi connectivity index (χ3v) is 8.31. The minimum absolute atomic E-state index is 0.112. The van der Waals surface area contributed by atoms with E-state index in [2.05, 4.69) is 44.6 Å². The molecule has 190 valence electrons. The van der Waals surface area contributed by atoms with E-state index in [4.69, 9.17) is 26.7 Å². The van der Waals surface area contributed by atoms with E-state index in [9.17, 15) is 4.79 Å². The van der Waals surface area contributed by atoms with Crippen molar-refractivity contribution in [2.24, 2.45) is 0 Å². The highest BCUT2D eigenvalue weighted by Crippen LogP contribution is 2.44. The molecule has 0 spiro atoms.